The van der Waals surface area contributed by atoms with Gasteiger partial charge >= 0.3 is 0 Å². The summed E-state index contributed by atoms with van der Waals surface area (Å²) in [6.07, 6.45) is 3.97. The smallest absolute Gasteiger partial charge is 0.224 e. The van der Waals surface area contributed by atoms with E-state index in [1.165, 1.54) is 0 Å². The number of aromatic nitrogens is 1. The molecule has 22 heavy (non-hydrogen) atoms. The number of hydrogen-bond donors (Lipinski definition) is 1. The van der Waals surface area contributed by atoms with Crippen molar-refractivity contribution in [2.45, 2.75) is 12.8 Å². The van der Waals surface area contributed by atoms with E-state index in [1.54, 1.807) is 18.5 Å². The zero-order chi connectivity index (χ0) is 15.7. The van der Waals surface area contributed by atoms with Gasteiger partial charge < -0.3 is 5.32 Å². The maximum Gasteiger partial charge on any atom is 0.224 e. The molecule has 0 saturated carbocycles. The Bertz CT molecular complexity index is 831. The van der Waals surface area contributed by atoms with E-state index in [1.807, 2.05) is 12.1 Å². The average Bonchev–Trinajstić information content (AvgIpc) is 2.78. The lowest BCUT2D eigenvalue weighted by atomic mass is 10.0. The van der Waals surface area contributed by atoms with Crippen LogP contribution >= 0.6 is 11.6 Å². The molecule has 0 aliphatic carbocycles. The van der Waals surface area contributed by atoms with E-state index in [2.05, 4.69) is 10.3 Å². The number of halogens is 1. The fraction of sp³-hybridized carbons (Fsp3) is 0.333. The Kier molecular flexibility index (Phi) is 4.06. The number of sulfone groups is 1. The molecule has 1 fully saturated rings. The van der Waals surface area contributed by atoms with E-state index in [4.69, 9.17) is 11.6 Å². The van der Waals surface area contributed by atoms with Crippen molar-refractivity contribution in [3.8, 4) is 0 Å². The largest absolute Gasteiger partial charge is 0.324 e. The van der Waals surface area contributed by atoms with Gasteiger partial charge in [-0.1, -0.05) is 23.7 Å². The molecule has 1 aromatic heterocycles. The molecule has 2 aromatic rings. The normalized spacial score (nSPS) is 20.1. The average molecular weight is 339 g/mol. The van der Waals surface area contributed by atoms with E-state index in [0.29, 0.717) is 17.1 Å². The van der Waals surface area contributed by atoms with Crippen molar-refractivity contribution in [1.29, 1.82) is 0 Å². The molecule has 1 N–H and O–H groups in total. The molecule has 116 valence electrons. The Morgan fingerprint density at radius 3 is 2.91 bits per heavy atom. The molecule has 1 atom stereocenters. The van der Waals surface area contributed by atoms with Crippen LogP contribution in [-0.2, 0) is 14.6 Å². The highest BCUT2D eigenvalue weighted by Gasteiger charge is 2.29. The molecule has 0 bridgehead atoms. The molecule has 1 aliphatic rings. The first-order valence-electron chi connectivity index (χ1n) is 6.97. The second-order valence-corrected chi connectivity index (χ2v) is 8.18. The third-order valence-electron chi connectivity index (χ3n) is 3.81. The number of carbonyl (C=O) groups is 1. The quantitative estimate of drug-likeness (QED) is 0.933. The first-order valence-corrected chi connectivity index (χ1v) is 9.17. The molecule has 5 nitrogen and oxygen atoms in total. The summed E-state index contributed by atoms with van der Waals surface area (Å²) in [5, 5.41) is 4.92. The van der Waals surface area contributed by atoms with Crippen LogP contribution in [0.15, 0.2) is 30.6 Å². The van der Waals surface area contributed by atoms with Gasteiger partial charge in [-0.15, -0.1) is 0 Å². The number of carbonyl (C=O) groups excluding carboxylic acids is 1. The topological polar surface area (TPSA) is 76.1 Å². The molecular weight excluding hydrogens is 324 g/mol. The third-order valence-corrected chi connectivity index (χ3v) is 5.96. The zero-order valence-corrected chi connectivity index (χ0v) is 13.3. The van der Waals surface area contributed by atoms with Crippen molar-refractivity contribution in [2.75, 3.05) is 16.8 Å². The summed E-state index contributed by atoms with van der Waals surface area (Å²) in [5.74, 6) is -0.0543. The molecule has 1 amide bonds. The molecule has 7 heteroatoms. The lowest BCUT2D eigenvalue weighted by Gasteiger charge is -2.11. The second kappa shape index (κ2) is 5.85. The standard InChI is InChI=1S/C15H15ClN2O3S/c16-12-3-1-2-11-7-17-8-13(15(11)12)18-14(19)6-10-4-5-22(20,21)9-10/h1-3,7-8,10H,4-6,9H2,(H,18,19). The summed E-state index contributed by atoms with van der Waals surface area (Å²) < 4.78 is 22.9. The first-order chi connectivity index (χ1) is 10.4. The number of amides is 1. The van der Waals surface area contributed by atoms with Crippen molar-refractivity contribution < 1.29 is 13.2 Å². The molecular formula is C15H15ClN2O3S. The van der Waals surface area contributed by atoms with Crippen molar-refractivity contribution in [1.82, 2.24) is 4.98 Å². The summed E-state index contributed by atoms with van der Waals surface area (Å²) in [5.41, 5.74) is 0.550. The van der Waals surface area contributed by atoms with Crippen LogP contribution in [0.5, 0.6) is 0 Å². The van der Waals surface area contributed by atoms with E-state index in [0.717, 1.165) is 10.8 Å². The van der Waals surface area contributed by atoms with E-state index in [9.17, 15) is 13.2 Å². The lowest BCUT2D eigenvalue weighted by molar-refractivity contribution is -0.116. The Morgan fingerprint density at radius 2 is 2.18 bits per heavy atom. The van der Waals surface area contributed by atoms with Gasteiger partial charge in [0.15, 0.2) is 9.84 Å². The first kappa shape index (κ1) is 15.2. The maximum absolute atomic E-state index is 12.2. The number of nitrogens with one attached hydrogen (secondary N) is 1. The lowest BCUT2D eigenvalue weighted by Crippen LogP contribution is -2.17. The van der Waals surface area contributed by atoms with Crippen LogP contribution in [0.3, 0.4) is 0 Å². The van der Waals surface area contributed by atoms with Gasteiger partial charge in [0.25, 0.3) is 0 Å². The number of rotatable bonds is 3. The highest BCUT2D eigenvalue weighted by molar-refractivity contribution is 7.91. The van der Waals surface area contributed by atoms with Gasteiger partial charge in [0.2, 0.25) is 5.91 Å². The maximum atomic E-state index is 12.2. The minimum Gasteiger partial charge on any atom is -0.324 e. The molecule has 2 heterocycles. The van der Waals surface area contributed by atoms with Gasteiger partial charge in [-0.3, -0.25) is 9.78 Å². The van der Waals surface area contributed by atoms with Gasteiger partial charge in [-0.25, -0.2) is 8.42 Å². The van der Waals surface area contributed by atoms with Gasteiger partial charge in [0, 0.05) is 23.4 Å². The van der Waals surface area contributed by atoms with Crippen LogP contribution in [0.4, 0.5) is 5.69 Å². The van der Waals surface area contributed by atoms with Crippen LogP contribution < -0.4 is 5.32 Å². The van der Waals surface area contributed by atoms with Crippen LogP contribution in [0.1, 0.15) is 12.8 Å². The van der Waals surface area contributed by atoms with Gasteiger partial charge in [0.1, 0.15) is 0 Å². The van der Waals surface area contributed by atoms with Crippen LogP contribution in [0.2, 0.25) is 5.02 Å². The van der Waals surface area contributed by atoms with E-state index in [-0.39, 0.29) is 29.8 Å². The molecule has 1 aliphatic heterocycles. The van der Waals surface area contributed by atoms with Crippen LogP contribution in [0.25, 0.3) is 10.8 Å². The van der Waals surface area contributed by atoms with Crippen molar-refractivity contribution in [3.05, 3.63) is 35.6 Å². The Hall–Kier alpha value is -1.66. The fourth-order valence-corrected chi connectivity index (χ4v) is 4.93. The zero-order valence-electron chi connectivity index (χ0n) is 11.8. The summed E-state index contributed by atoms with van der Waals surface area (Å²) in [7, 11) is -2.97. The van der Waals surface area contributed by atoms with Gasteiger partial charge in [0.05, 0.1) is 28.4 Å². The van der Waals surface area contributed by atoms with Gasteiger partial charge in [-0.2, -0.15) is 0 Å². The number of hydrogen-bond acceptors (Lipinski definition) is 4. The predicted molar refractivity (Wildman–Crippen MR) is 86.8 cm³/mol. The second-order valence-electron chi connectivity index (χ2n) is 5.55. The molecule has 1 unspecified atom stereocenters. The summed E-state index contributed by atoms with van der Waals surface area (Å²) in [6, 6.07) is 5.44. The number of nitrogens with zero attached hydrogens (tertiary/aromatic N) is 1. The number of benzene rings is 1. The van der Waals surface area contributed by atoms with E-state index >= 15 is 0 Å². The van der Waals surface area contributed by atoms with Crippen molar-refractivity contribution >= 4 is 43.8 Å². The van der Waals surface area contributed by atoms with Crippen molar-refractivity contribution in [3.63, 3.8) is 0 Å². The van der Waals surface area contributed by atoms with Crippen LogP contribution in [-0.4, -0.2) is 30.8 Å². The molecule has 3 rings (SSSR count). The Labute approximate surface area is 133 Å². The SMILES string of the molecule is O=C(CC1CCS(=O)(=O)C1)Nc1cncc2cccc(Cl)c12. The fourth-order valence-electron chi connectivity index (χ4n) is 2.78. The minimum atomic E-state index is -2.97. The highest BCUT2D eigenvalue weighted by Crippen LogP contribution is 2.30. The van der Waals surface area contributed by atoms with Crippen LogP contribution in [0, 0.1) is 5.92 Å². The molecule has 1 aromatic carbocycles. The van der Waals surface area contributed by atoms with E-state index < -0.39 is 9.84 Å². The summed E-state index contributed by atoms with van der Waals surface area (Å²) >= 11 is 6.19. The number of pyridine rings is 1. The minimum absolute atomic E-state index is 0.0922. The Morgan fingerprint density at radius 1 is 1.36 bits per heavy atom. The monoisotopic (exact) mass is 338 g/mol. The highest BCUT2D eigenvalue weighted by atomic mass is 35.5. The predicted octanol–water partition coefficient (Wildman–Crippen LogP) is 2.65. The van der Waals surface area contributed by atoms with Gasteiger partial charge in [-0.05, 0) is 18.4 Å². The Balaban J connectivity index is 1.77. The number of anilines is 1. The van der Waals surface area contributed by atoms with Crippen molar-refractivity contribution in [2.24, 2.45) is 5.92 Å². The molecule has 0 spiro atoms. The summed E-state index contributed by atoms with van der Waals surface area (Å²) in [6.45, 7) is 0. The summed E-state index contributed by atoms with van der Waals surface area (Å²) in [4.78, 5) is 16.3. The number of fused-ring (bicyclic) bond motifs is 1. The molecule has 1 saturated heterocycles. The molecule has 0 radical (unpaired) electrons. The third kappa shape index (κ3) is 3.23.